The molecule has 0 aromatic heterocycles. The van der Waals surface area contributed by atoms with Gasteiger partial charge in [0.05, 0.1) is 5.03 Å². The average Bonchev–Trinajstić information content (AvgIpc) is 2.32. The Bertz CT molecular complexity index is 558. The van der Waals surface area contributed by atoms with E-state index in [4.69, 9.17) is 15.8 Å². The van der Waals surface area contributed by atoms with Crippen LogP contribution in [0.5, 0.6) is 0 Å². The van der Waals surface area contributed by atoms with Crippen LogP contribution in [0.2, 0.25) is 0 Å². The van der Waals surface area contributed by atoms with Gasteiger partial charge in [-0.15, -0.1) is 0 Å². The highest BCUT2D eigenvalue weighted by Gasteiger charge is 2.21. The van der Waals surface area contributed by atoms with Crippen molar-refractivity contribution in [1.29, 1.82) is 0 Å². The van der Waals surface area contributed by atoms with E-state index in [0.717, 1.165) is 18.4 Å². The van der Waals surface area contributed by atoms with Crippen molar-refractivity contribution in [3.8, 4) is 0 Å². The number of allylic oxidation sites excluding steroid dienone is 2. The molecule has 0 amide bonds. The molecule has 98 valence electrons. The summed E-state index contributed by atoms with van der Waals surface area (Å²) in [4.78, 5) is 0.163. The predicted molar refractivity (Wildman–Crippen MR) is 70.8 cm³/mol. The SMILES string of the molecule is Cc1ccc(S(=O)(=O)OC2=C(Cl)CCCC2)cc1. The second-order valence-corrected chi connectivity index (χ2v) is 6.39. The number of hydrogen-bond acceptors (Lipinski definition) is 3. The predicted octanol–water partition coefficient (Wildman–Crippen LogP) is 3.72. The van der Waals surface area contributed by atoms with Crippen LogP contribution in [-0.4, -0.2) is 8.42 Å². The van der Waals surface area contributed by atoms with Crippen molar-refractivity contribution in [2.45, 2.75) is 37.5 Å². The number of halogens is 1. The largest absolute Gasteiger partial charge is 0.382 e. The maximum Gasteiger partial charge on any atom is 0.338 e. The molecule has 0 atom stereocenters. The number of aryl methyl sites for hydroxylation is 1. The second-order valence-electron chi connectivity index (χ2n) is 4.39. The zero-order valence-electron chi connectivity index (χ0n) is 10.1. The first kappa shape index (κ1) is 13.4. The summed E-state index contributed by atoms with van der Waals surface area (Å²) in [5.41, 5.74) is 1.00. The molecule has 0 saturated carbocycles. The minimum atomic E-state index is -3.75. The molecule has 0 unspecified atom stereocenters. The lowest BCUT2D eigenvalue weighted by atomic mass is 10.1. The number of benzene rings is 1. The summed E-state index contributed by atoms with van der Waals surface area (Å²) in [6.45, 7) is 1.90. The van der Waals surface area contributed by atoms with Crippen LogP contribution in [0.4, 0.5) is 0 Å². The van der Waals surface area contributed by atoms with Gasteiger partial charge in [0.1, 0.15) is 10.7 Å². The average molecular weight is 287 g/mol. The Kier molecular flexibility index (Phi) is 3.97. The zero-order valence-corrected chi connectivity index (χ0v) is 11.7. The fraction of sp³-hybridized carbons (Fsp3) is 0.385. The van der Waals surface area contributed by atoms with Crippen LogP contribution in [0.15, 0.2) is 40.0 Å². The van der Waals surface area contributed by atoms with Crippen molar-refractivity contribution in [3.63, 3.8) is 0 Å². The van der Waals surface area contributed by atoms with E-state index in [9.17, 15) is 8.42 Å². The molecule has 0 N–H and O–H groups in total. The highest BCUT2D eigenvalue weighted by molar-refractivity contribution is 7.86. The van der Waals surface area contributed by atoms with Gasteiger partial charge in [-0.05, 0) is 38.3 Å². The van der Waals surface area contributed by atoms with Crippen LogP contribution in [0.3, 0.4) is 0 Å². The normalized spacial score (nSPS) is 16.8. The lowest BCUT2D eigenvalue weighted by molar-refractivity contribution is 0.373. The molecule has 1 aromatic carbocycles. The highest BCUT2D eigenvalue weighted by Crippen LogP contribution is 2.30. The molecule has 1 aromatic rings. The van der Waals surface area contributed by atoms with Crippen molar-refractivity contribution < 1.29 is 12.6 Å². The molecule has 5 heteroatoms. The van der Waals surface area contributed by atoms with Crippen LogP contribution in [0.25, 0.3) is 0 Å². The standard InChI is InChI=1S/C13H15ClO3S/c1-10-6-8-11(9-7-10)18(15,16)17-13-5-3-2-4-12(13)14/h6-9H,2-5H2,1H3. The van der Waals surface area contributed by atoms with Crippen molar-refractivity contribution in [1.82, 2.24) is 0 Å². The van der Waals surface area contributed by atoms with Crippen molar-refractivity contribution in [3.05, 3.63) is 40.6 Å². The van der Waals surface area contributed by atoms with E-state index in [0.29, 0.717) is 23.6 Å². The van der Waals surface area contributed by atoms with Gasteiger partial charge in [0.15, 0.2) is 0 Å². The molecular weight excluding hydrogens is 272 g/mol. The first-order valence-electron chi connectivity index (χ1n) is 5.88. The molecule has 0 fully saturated rings. The third kappa shape index (κ3) is 3.06. The van der Waals surface area contributed by atoms with E-state index in [1.807, 2.05) is 6.92 Å². The van der Waals surface area contributed by atoms with Gasteiger partial charge in [-0.25, -0.2) is 0 Å². The maximum absolute atomic E-state index is 12.0. The van der Waals surface area contributed by atoms with E-state index >= 15 is 0 Å². The topological polar surface area (TPSA) is 43.4 Å². The third-order valence-corrected chi connectivity index (χ3v) is 4.54. The fourth-order valence-corrected chi connectivity index (χ4v) is 3.14. The number of rotatable bonds is 3. The van der Waals surface area contributed by atoms with Crippen LogP contribution in [0, 0.1) is 6.92 Å². The summed E-state index contributed by atoms with van der Waals surface area (Å²) in [7, 11) is -3.75. The quantitative estimate of drug-likeness (QED) is 0.795. The van der Waals surface area contributed by atoms with Gasteiger partial charge >= 0.3 is 10.1 Å². The minimum absolute atomic E-state index is 0.163. The summed E-state index contributed by atoms with van der Waals surface area (Å²) in [6.07, 6.45) is 3.18. The van der Waals surface area contributed by atoms with Crippen molar-refractivity contribution >= 4 is 21.7 Å². The molecular formula is C13H15ClO3S. The van der Waals surface area contributed by atoms with Crippen LogP contribution in [0.1, 0.15) is 31.2 Å². The van der Waals surface area contributed by atoms with E-state index in [1.165, 1.54) is 0 Å². The van der Waals surface area contributed by atoms with Gasteiger partial charge in [0, 0.05) is 6.42 Å². The highest BCUT2D eigenvalue weighted by atomic mass is 35.5. The molecule has 1 aliphatic rings. The van der Waals surface area contributed by atoms with E-state index < -0.39 is 10.1 Å². The molecule has 0 saturated heterocycles. The van der Waals surface area contributed by atoms with Gasteiger partial charge in [-0.3, -0.25) is 0 Å². The van der Waals surface area contributed by atoms with Crippen LogP contribution >= 0.6 is 11.6 Å². The summed E-state index contributed by atoms with van der Waals surface area (Å²) >= 11 is 5.99. The first-order valence-corrected chi connectivity index (χ1v) is 7.66. The molecule has 3 nitrogen and oxygen atoms in total. The second kappa shape index (κ2) is 5.33. The van der Waals surface area contributed by atoms with Gasteiger partial charge in [-0.2, -0.15) is 8.42 Å². The van der Waals surface area contributed by atoms with Crippen molar-refractivity contribution in [2.75, 3.05) is 0 Å². The Labute approximate surface area is 113 Å². The summed E-state index contributed by atoms with van der Waals surface area (Å²) in [6, 6.07) is 6.57. The zero-order chi connectivity index (χ0) is 13.2. The molecule has 0 radical (unpaired) electrons. The smallest absolute Gasteiger partial charge is 0.338 e. The Morgan fingerprint density at radius 2 is 1.72 bits per heavy atom. The van der Waals surface area contributed by atoms with E-state index in [1.54, 1.807) is 24.3 Å². The lowest BCUT2D eigenvalue weighted by Crippen LogP contribution is -2.09. The van der Waals surface area contributed by atoms with Crippen molar-refractivity contribution in [2.24, 2.45) is 0 Å². The monoisotopic (exact) mass is 286 g/mol. The molecule has 0 spiro atoms. The third-order valence-electron chi connectivity index (χ3n) is 2.87. The van der Waals surface area contributed by atoms with Crippen LogP contribution < -0.4 is 0 Å². The number of hydrogen-bond donors (Lipinski definition) is 0. The van der Waals surface area contributed by atoms with Crippen LogP contribution in [-0.2, 0) is 14.3 Å². The Morgan fingerprint density at radius 3 is 2.33 bits per heavy atom. The van der Waals surface area contributed by atoms with Gasteiger partial charge < -0.3 is 4.18 Å². The Hall–Kier alpha value is -1.00. The Morgan fingerprint density at radius 1 is 1.11 bits per heavy atom. The molecule has 0 heterocycles. The summed E-state index contributed by atoms with van der Waals surface area (Å²) < 4.78 is 29.2. The van der Waals surface area contributed by atoms with E-state index in [-0.39, 0.29) is 4.90 Å². The molecule has 2 rings (SSSR count). The van der Waals surface area contributed by atoms with E-state index in [2.05, 4.69) is 0 Å². The molecule has 0 aliphatic heterocycles. The summed E-state index contributed by atoms with van der Waals surface area (Å²) in [5, 5.41) is 0.525. The van der Waals surface area contributed by atoms with Gasteiger partial charge in [0.2, 0.25) is 0 Å². The van der Waals surface area contributed by atoms with Gasteiger partial charge in [-0.1, -0.05) is 29.3 Å². The molecule has 1 aliphatic carbocycles. The molecule has 0 bridgehead atoms. The fourth-order valence-electron chi connectivity index (χ4n) is 1.81. The first-order chi connectivity index (χ1) is 8.49. The maximum atomic E-state index is 12.0. The minimum Gasteiger partial charge on any atom is -0.382 e. The summed E-state index contributed by atoms with van der Waals surface area (Å²) in [5.74, 6) is 0.392. The van der Waals surface area contributed by atoms with Gasteiger partial charge in [0.25, 0.3) is 0 Å². The lowest BCUT2D eigenvalue weighted by Gasteiger charge is -2.16. The Balaban J connectivity index is 2.24. The molecule has 18 heavy (non-hydrogen) atoms.